The van der Waals surface area contributed by atoms with Gasteiger partial charge < -0.3 is 36.3 Å². The molecule has 4 amide bonds. The number of aldehydes is 1. The van der Waals surface area contributed by atoms with Gasteiger partial charge in [0.15, 0.2) is 0 Å². The van der Waals surface area contributed by atoms with Crippen molar-refractivity contribution in [2.24, 2.45) is 5.92 Å². The number of aliphatic carboxylic acids is 1. The highest BCUT2D eigenvalue weighted by Crippen LogP contribution is 2.27. The highest BCUT2D eigenvalue weighted by atomic mass is 127. The standard InChI is InChI=1S/C23H30I2N4O8/c1-10(2)19(23(37)26-11(3)21(35)28-14(9-30)8-18(32)33)29-22(36)17(27-12(4)31)7-13-5-15(24)20(34)16(25)6-13/h5-6,9-11,14,17,19,34H,7-8H2,1-4H3,(H,26,37)(H,27,31)(H,28,35)(H,29,36)(H,32,33)/t11-,14-,17-,19-/m0/s1. The minimum atomic E-state index is -1.28. The van der Waals surface area contributed by atoms with Crippen molar-refractivity contribution in [3.05, 3.63) is 24.8 Å². The molecular weight excluding hydrogens is 714 g/mol. The molecule has 14 heteroatoms. The van der Waals surface area contributed by atoms with Gasteiger partial charge in [-0.1, -0.05) is 13.8 Å². The van der Waals surface area contributed by atoms with Crippen molar-refractivity contribution in [1.82, 2.24) is 21.3 Å². The number of halogens is 2. The molecule has 12 nitrogen and oxygen atoms in total. The molecule has 1 aromatic carbocycles. The zero-order valence-electron chi connectivity index (χ0n) is 20.6. The third kappa shape index (κ3) is 10.8. The first kappa shape index (κ1) is 32.5. The molecule has 0 spiro atoms. The van der Waals surface area contributed by atoms with Gasteiger partial charge in [-0.2, -0.15) is 0 Å². The summed E-state index contributed by atoms with van der Waals surface area (Å²) in [5.41, 5.74) is 0.683. The first-order valence-electron chi connectivity index (χ1n) is 11.2. The van der Waals surface area contributed by atoms with Crippen LogP contribution in [0.1, 0.15) is 39.7 Å². The fraction of sp³-hybridized carbons (Fsp3) is 0.478. The van der Waals surface area contributed by atoms with E-state index in [-0.39, 0.29) is 18.5 Å². The second-order valence-corrected chi connectivity index (χ2v) is 11.0. The lowest BCUT2D eigenvalue weighted by atomic mass is 10.0. The van der Waals surface area contributed by atoms with E-state index in [1.54, 1.807) is 26.0 Å². The smallest absolute Gasteiger partial charge is 0.305 e. The molecule has 204 valence electrons. The molecule has 1 aromatic rings. The Kier molecular flexibility index (Phi) is 13.2. The largest absolute Gasteiger partial charge is 0.506 e. The van der Waals surface area contributed by atoms with Gasteiger partial charge in [-0.05, 0) is 75.7 Å². The summed E-state index contributed by atoms with van der Waals surface area (Å²) >= 11 is 3.91. The van der Waals surface area contributed by atoms with Gasteiger partial charge in [0.05, 0.1) is 19.6 Å². The van der Waals surface area contributed by atoms with Crippen LogP contribution in [0, 0.1) is 13.1 Å². The van der Waals surface area contributed by atoms with Gasteiger partial charge in [0, 0.05) is 13.3 Å². The number of hydrogen-bond donors (Lipinski definition) is 6. The van der Waals surface area contributed by atoms with E-state index in [0.29, 0.717) is 12.7 Å². The molecule has 1 rings (SSSR count). The summed E-state index contributed by atoms with van der Waals surface area (Å²) in [6.45, 7) is 5.98. The van der Waals surface area contributed by atoms with Gasteiger partial charge >= 0.3 is 5.97 Å². The zero-order chi connectivity index (χ0) is 28.4. The Morgan fingerprint density at radius 2 is 1.49 bits per heavy atom. The predicted octanol–water partition coefficient (Wildman–Crippen LogP) is 0.452. The molecule has 0 aliphatic heterocycles. The van der Waals surface area contributed by atoms with E-state index >= 15 is 0 Å². The highest BCUT2D eigenvalue weighted by Gasteiger charge is 2.31. The van der Waals surface area contributed by atoms with Gasteiger partial charge in [0.2, 0.25) is 23.6 Å². The van der Waals surface area contributed by atoms with Crippen LogP contribution in [0.3, 0.4) is 0 Å². The fourth-order valence-corrected chi connectivity index (χ4v) is 5.11. The van der Waals surface area contributed by atoms with Crippen molar-refractivity contribution in [2.45, 2.75) is 64.7 Å². The second-order valence-electron chi connectivity index (χ2n) is 8.67. The zero-order valence-corrected chi connectivity index (χ0v) is 24.9. The number of carbonyl (C=O) groups excluding carboxylic acids is 5. The van der Waals surface area contributed by atoms with Crippen molar-refractivity contribution in [2.75, 3.05) is 0 Å². The van der Waals surface area contributed by atoms with Crippen molar-refractivity contribution < 1.29 is 39.0 Å². The third-order valence-corrected chi connectivity index (χ3v) is 6.74. The Morgan fingerprint density at radius 1 is 0.919 bits per heavy atom. The van der Waals surface area contributed by atoms with Crippen LogP contribution >= 0.6 is 45.2 Å². The monoisotopic (exact) mass is 744 g/mol. The van der Waals surface area contributed by atoms with Crippen molar-refractivity contribution in [3.63, 3.8) is 0 Å². The van der Waals surface area contributed by atoms with E-state index in [9.17, 15) is 33.9 Å². The summed E-state index contributed by atoms with van der Waals surface area (Å²) in [5.74, 6) is -4.09. The summed E-state index contributed by atoms with van der Waals surface area (Å²) in [5, 5.41) is 28.7. The van der Waals surface area contributed by atoms with E-state index in [2.05, 4.69) is 21.3 Å². The summed E-state index contributed by atoms with van der Waals surface area (Å²) in [6.07, 6.45) is -0.222. The van der Waals surface area contributed by atoms with E-state index in [0.717, 1.165) is 0 Å². The number of carbonyl (C=O) groups is 6. The Hall–Kier alpha value is -2.50. The van der Waals surface area contributed by atoms with Crippen LogP contribution in [-0.4, -0.2) is 70.3 Å². The molecule has 0 fully saturated rings. The molecule has 0 aromatic heterocycles. The molecule has 6 N–H and O–H groups in total. The topological polar surface area (TPSA) is 191 Å². The number of phenols is 1. The molecule has 0 radical (unpaired) electrons. The molecule has 0 bridgehead atoms. The maximum absolute atomic E-state index is 13.1. The van der Waals surface area contributed by atoms with Crippen LogP contribution in [0.2, 0.25) is 0 Å². The lowest BCUT2D eigenvalue weighted by molar-refractivity contribution is -0.139. The number of amides is 4. The molecule has 37 heavy (non-hydrogen) atoms. The Balaban J connectivity index is 2.98. The predicted molar refractivity (Wildman–Crippen MR) is 149 cm³/mol. The minimum Gasteiger partial charge on any atom is -0.506 e. The summed E-state index contributed by atoms with van der Waals surface area (Å²) in [7, 11) is 0. The quantitative estimate of drug-likeness (QED) is 0.124. The van der Waals surface area contributed by atoms with Crippen molar-refractivity contribution in [3.8, 4) is 5.75 Å². The second kappa shape index (κ2) is 15.0. The normalized spacial score (nSPS) is 14.0. The summed E-state index contributed by atoms with van der Waals surface area (Å²) < 4.78 is 1.15. The molecule has 0 aliphatic rings. The van der Waals surface area contributed by atoms with Crippen LogP contribution in [0.4, 0.5) is 0 Å². The van der Waals surface area contributed by atoms with Crippen LogP contribution < -0.4 is 21.3 Å². The fourth-order valence-electron chi connectivity index (χ4n) is 3.21. The number of carboxylic acids is 1. The summed E-state index contributed by atoms with van der Waals surface area (Å²) in [4.78, 5) is 71.9. The molecular formula is C23H30I2N4O8. The van der Waals surface area contributed by atoms with Crippen LogP contribution in [-0.2, 0) is 35.2 Å². The van der Waals surface area contributed by atoms with Gasteiger partial charge in [-0.25, -0.2) is 0 Å². The van der Waals surface area contributed by atoms with Crippen LogP contribution in [0.5, 0.6) is 5.75 Å². The van der Waals surface area contributed by atoms with E-state index in [1.807, 2.05) is 45.2 Å². The van der Waals surface area contributed by atoms with Gasteiger partial charge in [0.25, 0.3) is 0 Å². The molecule has 0 unspecified atom stereocenters. The van der Waals surface area contributed by atoms with Crippen LogP contribution in [0.15, 0.2) is 12.1 Å². The number of benzene rings is 1. The van der Waals surface area contributed by atoms with Crippen molar-refractivity contribution >= 4 is 81.1 Å². The number of rotatable bonds is 13. The minimum absolute atomic E-state index is 0.0968. The van der Waals surface area contributed by atoms with E-state index in [1.165, 1.54) is 13.8 Å². The number of hydrogen-bond acceptors (Lipinski definition) is 7. The lowest BCUT2D eigenvalue weighted by Crippen LogP contribution is -2.58. The maximum Gasteiger partial charge on any atom is 0.305 e. The molecule has 0 saturated heterocycles. The average molecular weight is 744 g/mol. The Bertz CT molecular complexity index is 1030. The molecule has 0 heterocycles. The summed E-state index contributed by atoms with van der Waals surface area (Å²) in [6, 6.07) is -1.11. The number of carboxylic acid groups (broad SMARTS) is 1. The van der Waals surface area contributed by atoms with Crippen molar-refractivity contribution in [1.29, 1.82) is 0 Å². The van der Waals surface area contributed by atoms with Gasteiger partial charge in [-0.15, -0.1) is 0 Å². The lowest BCUT2D eigenvalue weighted by Gasteiger charge is -2.26. The Labute approximate surface area is 241 Å². The first-order chi connectivity index (χ1) is 17.2. The highest BCUT2D eigenvalue weighted by molar-refractivity contribution is 14.1. The molecule has 0 saturated carbocycles. The van der Waals surface area contributed by atoms with Gasteiger partial charge in [-0.3, -0.25) is 24.0 Å². The SMILES string of the molecule is CC(=O)N[C@@H](Cc1cc(I)c(O)c(I)c1)C(=O)N[C@H](C(=O)N[C@@H](C)C(=O)N[C@H](C=O)CC(=O)O)C(C)C. The van der Waals surface area contributed by atoms with Gasteiger partial charge in [0.1, 0.15) is 30.2 Å². The number of phenolic OH excluding ortho intramolecular Hbond substituents is 1. The third-order valence-electron chi connectivity index (χ3n) is 5.10. The van der Waals surface area contributed by atoms with Crippen LogP contribution in [0.25, 0.3) is 0 Å². The molecule has 0 aliphatic carbocycles. The molecule has 4 atom stereocenters. The average Bonchev–Trinajstić information content (AvgIpc) is 2.78. The maximum atomic E-state index is 13.1. The van der Waals surface area contributed by atoms with E-state index < -0.39 is 66.1 Å². The number of nitrogens with one attached hydrogen (secondary N) is 4. The Morgan fingerprint density at radius 3 is 1.95 bits per heavy atom. The van der Waals surface area contributed by atoms with E-state index in [4.69, 9.17) is 5.11 Å². The first-order valence-corrected chi connectivity index (χ1v) is 13.3. The number of aromatic hydroxyl groups is 1.